The maximum absolute atomic E-state index is 13.4. The van der Waals surface area contributed by atoms with E-state index in [2.05, 4.69) is 66.1 Å². The Morgan fingerprint density at radius 2 is 1.40 bits per heavy atom. The van der Waals surface area contributed by atoms with Crippen LogP contribution in [0.15, 0.2) is 0 Å². The van der Waals surface area contributed by atoms with Crippen molar-refractivity contribution >= 4 is 8.45 Å². The van der Waals surface area contributed by atoms with Crippen LogP contribution in [0.5, 0.6) is 0 Å². The van der Waals surface area contributed by atoms with Crippen LogP contribution in [0.4, 0.5) is 0 Å². The molecule has 0 saturated carbocycles. The molecule has 4 nitrogen and oxygen atoms in total. The molecule has 0 aromatic heterocycles. The fraction of sp³-hybridized carbons (Fsp3) is 0.933. The summed E-state index contributed by atoms with van der Waals surface area (Å²) in [6.45, 7) is 17.5. The number of quaternary nitrogens is 1. The van der Waals surface area contributed by atoms with Crippen LogP contribution in [-0.2, 0) is 0 Å². The third-order valence-corrected chi connectivity index (χ3v) is 7.02. The van der Waals surface area contributed by atoms with Gasteiger partial charge in [0, 0.05) is 12.1 Å². The first-order valence-corrected chi connectivity index (χ1v) is 8.79. The van der Waals surface area contributed by atoms with E-state index >= 15 is 0 Å². The molecule has 0 rings (SSSR count). The average Bonchev–Trinajstić information content (AvgIpc) is 2.27. The summed E-state index contributed by atoms with van der Waals surface area (Å²) in [5, 5.41) is 8.96. The SMILES string of the molecule is CC(C)N(C(C)C)P([O-])[N+](CCC#N)(C(C)C)C(C)C. The molecule has 0 spiro atoms. The standard InChI is InChI=1S/C15H32N3OP/c1-12(2)17(13(3)4)20(19)18(14(5)6,15(7)8)11-9-10-16/h12-15H,9,11H2,1-8H3. The van der Waals surface area contributed by atoms with Gasteiger partial charge in [0.25, 0.3) is 0 Å². The molecular formula is C15H32N3OP. The minimum Gasteiger partial charge on any atom is -0.769 e. The van der Waals surface area contributed by atoms with E-state index in [4.69, 9.17) is 5.26 Å². The summed E-state index contributed by atoms with van der Waals surface area (Å²) in [5.74, 6) is 0. The lowest BCUT2D eigenvalue weighted by Gasteiger charge is -2.58. The third kappa shape index (κ3) is 4.15. The van der Waals surface area contributed by atoms with Crippen LogP contribution >= 0.6 is 8.45 Å². The van der Waals surface area contributed by atoms with Gasteiger partial charge in [0.05, 0.1) is 31.1 Å². The van der Waals surface area contributed by atoms with Gasteiger partial charge in [0.2, 0.25) is 0 Å². The zero-order chi connectivity index (χ0) is 16.1. The Morgan fingerprint density at radius 3 is 1.65 bits per heavy atom. The molecular weight excluding hydrogens is 269 g/mol. The van der Waals surface area contributed by atoms with Gasteiger partial charge in [-0.3, -0.25) is 0 Å². The largest absolute Gasteiger partial charge is 0.769 e. The molecule has 0 aliphatic heterocycles. The predicted octanol–water partition coefficient (Wildman–Crippen LogP) is 3.24. The lowest BCUT2D eigenvalue weighted by atomic mass is 10.2. The smallest absolute Gasteiger partial charge is 0.107 e. The maximum Gasteiger partial charge on any atom is 0.107 e. The second kappa shape index (κ2) is 8.29. The second-order valence-corrected chi connectivity index (χ2v) is 8.24. The molecule has 0 radical (unpaired) electrons. The fourth-order valence-electron chi connectivity index (χ4n) is 3.01. The summed E-state index contributed by atoms with van der Waals surface area (Å²) in [4.78, 5) is 13.4. The Labute approximate surface area is 126 Å². The first-order chi connectivity index (χ1) is 9.12. The van der Waals surface area contributed by atoms with E-state index in [1.54, 1.807) is 0 Å². The van der Waals surface area contributed by atoms with Crippen molar-refractivity contribution in [3.63, 3.8) is 0 Å². The lowest BCUT2D eigenvalue weighted by Crippen LogP contribution is -2.60. The van der Waals surface area contributed by atoms with Crippen LogP contribution < -0.4 is 4.89 Å². The quantitative estimate of drug-likeness (QED) is 0.647. The highest BCUT2D eigenvalue weighted by atomic mass is 31.2. The van der Waals surface area contributed by atoms with E-state index in [1.807, 2.05) is 0 Å². The van der Waals surface area contributed by atoms with E-state index in [0.29, 0.717) is 17.2 Å². The summed E-state index contributed by atoms with van der Waals surface area (Å²) in [6.07, 6.45) is 0.446. The zero-order valence-corrected chi connectivity index (χ0v) is 15.3. The van der Waals surface area contributed by atoms with Gasteiger partial charge in [0.15, 0.2) is 0 Å². The lowest BCUT2D eigenvalue weighted by molar-refractivity contribution is -0.869. The van der Waals surface area contributed by atoms with Gasteiger partial charge in [-0.25, -0.2) is 4.67 Å². The van der Waals surface area contributed by atoms with Crippen molar-refractivity contribution in [3.8, 4) is 6.07 Å². The Balaban J connectivity index is 5.65. The molecule has 0 bridgehead atoms. The van der Waals surface area contributed by atoms with E-state index in [0.717, 1.165) is 0 Å². The van der Waals surface area contributed by atoms with Crippen molar-refractivity contribution in [2.45, 2.75) is 86.0 Å². The summed E-state index contributed by atoms with van der Waals surface area (Å²) < 4.78 is 2.60. The zero-order valence-electron chi connectivity index (χ0n) is 14.4. The number of hydrogen-bond acceptors (Lipinski definition) is 3. The average molecular weight is 301 g/mol. The van der Waals surface area contributed by atoms with Gasteiger partial charge in [-0.2, -0.15) is 5.26 Å². The highest BCUT2D eigenvalue weighted by molar-refractivity contribution is 7.41. The molecule has 0 aromatic carbocycles. The molecule has 0 N–H and O–H groups in total. The van der Waals surface area contributed by atoms with E-state index in [-0.39, 0.29) is 24.2 Å². The second-order valence-electron chi connectivity index (χ2n) is 6.53. The van der Waals surface area contributed by atoms with Gasteiger partial charge < -0.3 is 9.15 Å². The van der Waals surface area contributed by atoms with E-state index < -0.39 is 8.45 Å². The van der Waals surface area contributed by atoms with Crippen molar-refractivity contribution in [3.05, 3.63) is 0 Å². The van der Waals surface area contributed by atoms with Crippen LogP contribution in [0.3, 0.4) is 0 Å². The Kier molecular flexibility index (Phi) is 8.21. The van der Waals surface area contributed by atoms with Gasteiger partial charge in [0.1, 0.15) is 8.45 Å². The number of nitrogens with zero attached hydrogens (tertiary/aromatic N) is 3. The van der Waals surface area contributed by atoms with Crippen LogP contribution in [0.25, 0.3) is 0 Å². The molecule has 0 heterocycles. The monoisotopic (exact) mass is 301 g/mol. The van der Waals surface area contributed by atoms with Crippen LogP contribution in [0, 0.1) is 11.3 Å². The highest BCUT2D eigenvalue weighted by Crippen LogP contribution is 2.50. The van der Waals surface area contributed by atoms with E-state index in [9.17, 15) is 4.89 Å². The number of nitriles is 1. The minimum atomic E-state index is -1.59. The molecule has 20 heavy (non-hydrogen) atoms. The number of rotatable bonds is 8. The van der Waals surface area contributed by atoms with Crippen molar-refractivity contribution in [1.82, 2.24) is 4.67 Å². The van der Waals surface area contributed by atoms with Crippen LogP contribution in [0.2, 0.25) is 0 Å². The fourth-order valence-corrected chi connectivity index (χ4v) is 5.24. The molecule has 118 valence electrons. The molecule has 0 saturated heterocycles. The van der Waals surface area contributed by atoms with Gasteiger partial charge in [-0.05, 0) is 55.4 Å². The molecule has 0 fully saturated rings. The van der Waals surface area contributed by atoms with Gasteiger partial charge in [-0.15, -0.1) is 0 Å². The summed E-state index contributed by atoms with van der Waals surface area (Å²) in [5.41, 5.74) is 0. The predicted molar refractivity (Wildman–Crippen MR) is 84.7 cm³/mol. The summed E-state index contributed by atoms with van der Waals surface area (Å²) in [7, 11) is -1.59. The molecule has 0 amide bonds. The van der Waals surface area contributed by atoms with Gasteiger partial charge >= 0.3 is 0 Å². The molecule has 5 heteroatoms. The summed E-state index contributed by atoms with van der Waals surface area (Å²) in [6, 6.07) is 3.14. The van der Waals surface area contributed by atoms with Crippen LogP contribution in [0.1, 0.15) is 61.8 Å². The Morgan fingerprint density at radius 1 is 1.00 bits per heavy atom. The summed E-state index contributed by atoms with van der Waals surface area (Å²) >= 11 is 0. The number of hydrogen-bond donors (Lipinski definition) is 0. The topological polar surface area (TPSA) is 50.1 Å². The van der Waals surface area contributed by atoms with Crippen molar-refractivity contribution in [2.24, 2.45) is 0 Å². The maximum atomic E-state index is 13.4. The van der Waals surface area contributed by atoms with Gasteiger partial charge in [-0.1, -0.05) is 0 Å². The molecule has 0 aromatic rings. The molecule has 1 unspecified atom stereocenters. The van der Waals surface area contributed by atoms with Crippen molar-refractivity contribution in [1.29, 1.82) is 5.26 Å². The Bertz CT molecular complexity index is 308. The van der Waals surface area contributed by atoms with Crippen molar-refractivity contribution in [2.75, 3.05) is 6.54 Å². The van der Waals surface area contributed by atoms with Crippen molar-refractivity contribution < 1.29 is 9.15 Å². The molecule has 0 aliphatic carbocycles. The normalized spacial score (nSPS) is 14.7. The molecule has 1 atom stereocenters. The Hall–Kier alpha value is -0.200. The third-order valence-electron chi connectivity index (χ3n) is 3.94. The minimum absolute atomic E-state index is 0.229. The molecule has 0 aliphatic rings. The van der Waals surface area contributed by atoms with E-state index in [1.165, 1.54) is 0 Å². The van der Waals surface area contributed by atoms with Crippen LogP contribution in [-0.4, -0.2) is 39.6 Å². The highest BCUT2D eigenvalue weighted by Gasteiger charge is 2.41. The first kappa shape index (κ1) is 19.8. The first-order valence-electron chi connectivity index (χ1n) is 7.63.